The van der Waals surface area contributed by atoms with E-state index in [-0.39, 0.29) is 74.7 Å². The van der Waals surface area contributed by atoms with Gasteiger partial charge in [0.2, 0.25) is 22.7 Å². The molecule has 2 amide bonds. The smallest absolute Gasteiger partial charge is 0.410 e. The highest BCUT2D eigenvalue weighted by atomic mass is 35.5. The van der Waals surface area contributed by atoms with E-state index in [1.807, 2.05) is 61.1 Å². The molecular weight excluding hydrogens is 1710 g/mol. The van der Waals surface area contributed by atoms with Crippen LogP contribution in [-0.2, 0) is 52.5 Å². The molecule has 8 atom stereocenters. The Kier molecular flexibility index (Phi) is 41.5. The van der Waals surface area contributed by atoms with E-state index in [9.17, 15) is 74.2 Å². The highest BCUT2D eigenvalue weighted by Gasteiger charge is 2.59. The number of piperidine rings is 4. The number of Topliss-reactive ketones (excluding diaryl/α,β-unsaturated/α-hetero) is 2. The minimum Gasteiger partial charge on any atom is -0.497 e. The van der Waals surface area contributed by atoms with E-state index in [4.69, 9.17) is 37.9 Å². The van der Waals surface area contributed by atoms with E-state index in [1.54, 1.807) is 133 Å². The number of rotatable bonds is 23. The topological polar surface area (TPSA) is 275 Å². The third kappa shape index (κ3) is 28.6. The van der Waals surface area contributed by atoms with Crippen LogP contribution >= 0.6 is 12.4 Å². The van der Waals surface area contributed by atoms with E-state index in [2.05, 4.69) is 10.1 Å². The Morgan fingerprint density at radius 2 is 0.693 bits per heavy atom. The van der Waals surface area contributed by atoms with Crippen molar-refractivity contribution in [3.63, 3.8) is 0 Å². The molecule has 8 heterocycles. The Labute approximate surface area is 743 Å². The molecule has 4 aromatic carbocycles. The number of nitrogens with zero attached hydrogens (tertiary/aromatic N) is 7. The van der Waals surface area contributed by atoms with Crippen LogP contribution in [0.1, 0.15) is 139 Å². The van der Waals surface area contributed by atoms with Gasteiger partial charge in [-0.15, -0.1) is 12.4 Å². The summed E-state index contributed by atoms with van der Waals surface area (Å²) in [6.07, 6.45) is 4.33. The summed E-state index contributed by atoms with van der Waals surface area (Å²) in [7, 11) is 9.85. The molecule has 0 bridgehead atoms. The summed E-state index contributed by atoms with van der Waals surface area (Å²) in [4.78, 5) is 105. The number of carboxylic acid groups (broad SMARTS) is 1. The van der Waals surface area contributed by atoms with Gasteiger partial charge in [0.05, 0.1) is 61.9 Å². The Morgan fingerprint density at radius 3 is 0.961 bits per heavy atom. The minimum absolute atomic E-state index is 0. The van der Waals surface area contributed by atoms with Crippen molar-refractivity contribution in [2.75, 3.05) is 195 Å². The summed E-state index contributed by atoms with van der Waals surface area (Å²) in [5.74, 6) is -4.68. The number of hydrogen-bond acceptors (Lipinski definition) is 23. The molecule has 12 rings (SSSR count). The van der Waals surface area contributed by atoms with Gasteiger partial charge in [0.25, 0.3) is 0 Å². The number of carbonyl (C=O) groups is 8. The van der Waals surface area contributed by atoms with Crippen molar-refractivity contribution in [2.45, 2.75) is 181 Å². The third-order valence-electron chi connectivity index (χ3n) is 24.2. The maximum atomic E-state index is 16.0. The molecule has 0 unspecified atom stereocenters. The standard InChI is InChI=1S/C23H33FN2O5.C21H29F3N2O3.C20H27F3N2O3.C13H16FNO3.C10H17NO3.C3H4F2O.ClH/c1-22(2,3)31-21(28)25-12-10-17(11-13-25)26-14-19(23(24,15-26)20(27)30-5)16-6-8-18(29-4)9-7-16;1-28-18-5-3-15(4-6-18)19-13-26(14-21(19,24)20(27)29-2)16-7-9-25(10-8-16)17(11-22)12-23;1-28-17-4-2-14(3-5-17)18-12-25(13-20(18,23)19(26)27)15-6-8-24(9-7-15)16(10-21)11-22;1-17-10-5-3-9(4-6-10)11-7-15-8-13(11,14)12(16)18-2;1-10(2,3)14-9(13)11-6-4-8(12)5-7-11;4-1-3(6)2-5;/h6-9,17,19H,10-15H2,1-5H3;3-6,16-17,19H,7-14H2,1-2H3;2-5,15-16,18H,6-13H2,1H3,(H,26,27);3-6,11,15H,7-8H2,1-2H3;4-7H2,1-3H3;1-2H2;1H/t19-,23-;19-,21-;18-,20-;11-,13-;;;/m0000.../s1. The van der Waals surface area contributed by atoms with Crippen LogP contribution in [0.15, 0.2) is 97.1 Å². The molecule has 8 fully saturated rings. The molecule has 0 aromatic heterocycles. The van der Waals surface area contributed by atoms with E-state index in [0.717, 1.165) is 11.1 Å². The lowest BCUT2D eigenvalue weighted by Crippen LogP contribution is -2.50. The maximum absolute atomic E-state index is 16.0. The number of halogens is 11. The first-order chi connectivity index (χ1) is 59.8. The van der Waals surface area contributed by atoms with Gasteiger partial charge in [-0.1, -0.05) is 48.5 Å². The van der Waals surface area contributed by atoms with Crippen LogP contribution in [0.2, 0.25) is 0 Å². The van der Waals surface area contributed by atoms with Gasteiger partial charge in [0, 0.05) is 159 Å². The zero-order chi connectivity index (χ0) is 93.1. The summed E-state index contributed by atoms with van der Waals surface area (Å²) in [6.45, 7) is 11.3. The Hall–Kier alpha value is -8.81. The second-order valence-electron chi connectivity index (χ2n) is 34.4. The molecule has 127 heavy (non-hydrogen) atoms. The van der Waals surface area contributed by atoms with Crippen LogP contribution in [0.3, 0.4) is 0 Å². The van der Waals surface area contributed by atoms with E-state index < -0.39 is 139 Å². The summed E-state index contributed by atoms with van der Waals surface area (Å²) >= 11 is 0. The number of benzene rings is 4. The fraction of sp³-hybridized carbons (Fsp3) is 0.644. The Balaban J connectivity index is 0.000000246. The van der Waals surface area contributed by atoms with Gasteiger partial charge in [-0.2, -0.15) is 0 Å². The molecule has 8 saturated heterocycles. The van der Waals surface area contributed by atoms with Gasteiger partial charge in [-0.25, -0.2) is 72.7 Å². The normalized spacial score (nSPS) is 24.6. The average molecular weight is 1830 g/mol. The highest BCUT2D eigenvalue weighted by Crippen LogP contribution is 2.46. The maximum Gasteiger partial charge on any atom is 0.410 e. The zero-order valence-corrected chi connectivity index (χ0v) is 75.7. The largest absolute Gasteiger partial charge is 0.497 e. The number of nitrogens with one attached hydrogen (secondary N) is 1. The van der Waals surface area contributed by atoms with Crippen molar-refractivity contribution in [1.82, 2.24) is 39.6 Å². The van der Waals surface area contributed by atoms with Gasteiger partial charge in [0.1, 0.15) is 66.7 Å². The first kappa shape index (κ1) is 107. The van der Waals surface area contributed by atoms with Crippen LogP contribution in [0, 0.1) is 0 Å². The lowest BCUT2D eigenvalue weighted by Gasteiger charge is -2.39. The number of amides is 2. The molecule has 8 aliphatic rings. The number of carboxylic acids is 1. The van der Waals surface area contributed by atoms with Crippen molar-refractivity contribution in [3.8, 4) is 23.0 Å². The van der Waals surface area contributed by atoms with Crippen molar-refractivity contribution in [2.24, 2.45) is 0 Å². The average Bonchev–Trinajstić information content (AvgIpc) is 1.62. The molecule has 0 aliphatic carbocycles. The third-order valence-corrected chi connectivity index (χ3v) is 24.2. The summed E-state index contributed by atoms with van der Waals surface area (Å²) in [5, 5.41) is 12.5. The molecule has 2 N–H and O–H groups in total. The van der Waals surface area contributed by atoms with Gasteiger partial charge in [0.15, 0.2) is 19.1 Å². The second kappa shape index (κ2) is 49.3. The highest BCUT2D eigenvalue weighted by molar-refractivity contribution is 5.86. The predicted octanol–water partition coefficient (Wildman–Crippen LogP) is 12.5. The van der Waals surface area contributed by atoms with Crippen molar-refractivity contribution in [3.05, 3.63) is 119 Å². The lowest BCUT2D eigenvalue weighted by molar-refractivity contribution is -0.155. The van der Waals surface area contributed by atoms with Crippen molar-refractivity contribution < 1.29 is 130 Å². The van der Waals surface area contributed by atoms with E-state index in [0.29, 0.717) is 164 Å². The van der Waals surface area contributed by atoms with Gasteiger partial charge in [-0.05, 0) is 151 Å². The minimum atomic E-state index is -2.37. The molecule has 0 spiro atoms. The van der Waals surface area contributed by atoms with Crippen LogP contribution in [0.4, 0.5) is 53.5 Å². The summed E-state index contributed by atoms with van der Waals surface area (Å²) < 4.78 is 181. The Bertz CT molecular complexity index is 4090. The number of hydrogen-bond donors (Lipinski definition) is 2. The summed E-state index contributed by atoms with van der Waals surface area (Å²) in [5.41, 5.74) is -6.78. The number of aliphatic carboxylic acids is 1. The second-order valence-corrected chi connectivity index (χ2v) is 34.4. The molecule has 26 nitrogen and oxygen atoms in total. The Morgan fingerprint density at radius 1 is 0.417 bits per heavy atom. The number of carbonyl (C=O) groups excluding carboxylic acids is 7. The monoisotopic (exact) mass is 1830 g/mol. The van der Waals surface area contributed by atoms with E-state index in [1.165, 1.54) is 28.4 Å². The first-order valence-electron chi connectivity index (χ1n) is 42.3. The molecule has 37 heteroatoms. The van der Waals surface area contributed by atoms with Gasteiger partial charge < -0.3 is 62.9 Å². The molecule has 0 saturated carbocycles. The van der Waals surface area contributed by atoms with Crippen LogP contribution in [0.25, 0.3) is 0 Å². The molecule has 4 aromatic rings. The number of alkyl halides is 10. The van der Waals surface area contributed by atoms with Gasteiger partial charge >= 0.3 is 36.1 Å². The first-order valence-corrected chi connectivity index (χ1v) is 42.3. The molecule has 0 radical (unpaired) electrons. The number of ether oxygens (including phenoxy) is 9. The lowest BCUT2D eigenvalue weighted by atomic mass is 9.86. The zero-order valence-electron chi connectivity index (χ0n) is 74.9. The van der Waals surface area contributed by atoms with Crippen LogP contribution in [-0.4, -0.2) is 346 Å². The quantitative estimate of drug-likeness (QED) is 0.0397. The van der Waals surface area contributed by atoms with Crippen LogP contribution < -0.4 is 24.3 Å². The fourth-order valence-corrected chi connectivity index (χ4v) is 17.0. The molecule has 712 valence electrons. The molecular formula is C90H127ClF10N8O18. The SMILES string of the molecule is CC(C)(C)OC(=O)N1CCC(=O)CC1.COC(=O)[C@]1(F)CN(C2CCN(C(=O)OC(C)(C)C)CC2)C[C@H]1c1ccc(OC)cc1.COC(=O)[C@]1(F)CN(C2CCN(C(CF)CF)CC2)C[C@H]1c1ccc(OC)cc1.COC(=O)[C@]1(F)CNC[C@H]1c1ccc(OC)cc1.COc1ccc([C@@H]2CN(C3CCN(C(CF)CF)CC3)C[C@@]2(F)C(=O)O)cc1.Cl.O=C(CF)CF. The number of esters is 3. The number of methoxy groups -OCH3 is 7. The number of likely N-dealkylation sites (tertiary alicyclic amines) is 7. The van der Waals surface area contributed by atoms with Crippen molar-refractivity contribution in [1.29, 1.82) is 0 Å². The van der Waals surface area contributed by atoms with Crippen LogP contribution in [0.5, 0.6) is 23.0 Å². The molecule has 8 aliphatic heterocycles. The summed E-state index contributed by atoms with van der Waals surface area (Å²) in [6, 6.07) is 26.8. The van der Waals surface area contributed by atoms with Crippen molar-refractivity contribution >= 4 is 60.0 Å². The van der Waals surface area contributed by atoms with Gasteiger partial charge in [-0.3, -0.25) is 34.1 Å². The predicted molar refractivity (Wildman–Crippen MR) is 457 cm³/mol. The number of ketones is 2. The fourth-order valence-electron chi connectivity index (χ4n) is 17.0. The van der Waals surface area contributed by atoms with E-state index >= 15 is 13.2 Å².